The number of hydrogen-bond donors (Lipinski definition) is 2. The first-order valence-electron chi connectivity index (χ1n) is 5.74. The van der Waals surface area contributed by atoms with Gasteiger partial charge in [-0.25, -0.2) is 8.42 Å². The molecule has 0 aliphatic rings. The Bertz CT molecular complexity index is 812. The van der Waals surface area contributed by atoms with E-state index < -0.39 is 10.0 Å². The molecule has 2 aromatic carbocycles. The molecule has 21 heavy (non-hydrogen) atoms. The molecule has 0 radical (unpaired) electrons. The quantitative estimate of drug-likeness (QED) is 0.484. The maximum absolute atomic E-state index is 12.5. The van der Waals surface area contributed by atoms with E-state index in [0.717, 1.165) is 3.57 Å². The lowest BCUT2D eigenvalue weighted by atomic mass is 10.2. The van der Waals surface area contributed by atoms with Crippen LogP contribution in [-0.4, -0.2) is 8.42 Å². The molecule has 4 nitrogen and oxygen atoms in total. The molecule has 112 valence electrons. The Hall–Kier alpha value is -0.510. The van der Waals surface area contributed by atoms with Crippen molar-refractivity contribution in [3.8, 4) is 0 Å². The molecule has 8 heteroatoms. The molecule has 0 saturated heterocycles. The number of benzene rings is 2. The van der Waals surface area contributed by atoms with Crippen molar-refractivity contribution in [3.05, 3.63) is 49.0 Å². The minimum Gasteiger partial charge on any atom is -0.398 e. The van der Waals surface area contributed by atoms with E-state index in [4.69, 9.17) is 17.3 Å². The van der Waals surface area contributed by atoms with Gasteiger partial charge in [0.1, 0.15) is 0 Å². The predicted molar refractivity (Wildman–Crippen MR) is 98.3 cm³/mol. The second kappa shape index (κ2) is 6.31. The molecular formula is C13H11BrClIN2O2S. The molecule has 0 bridgehead atoms. The Labute approximate surface area is 150 Å². The summed E-state index contributed by atoms with van der Waals surface area (Å²) >= 11 is 11.4. The molecule has 0 saturated carbocycles. The van der Waals surface area contributed by atoms with E-state index in [1.165, 1.54) is 6.07 Å². The summed E-state index contributed by atoms with van der Waals surface area (Å²) in [5.41, 5.74) is 7.04. The van der Waals surface area contributed by atoms with Gasteiger partial charge < -0.3 is 5.73 Å². The summed E-state index contributed by atoms with van der Waals surface area (Å²) in [7, 11) is -3.76. The molecule has 0 spiro atoms. The van der Waals surface area contributed by atoms with Gasteiger partial charge in [-0.2, -0.15) is 0 Å². The Kier molecular flexibility index (Phi) is 5.07. The van der Waals surface area contributed by atoms with Crippen LogP contribution in [0.3, 0.4) is 0 Å². The number of halogens is 3. The minimum atomic E-state index is -3.76. The van der Waals surface area contributed by atoms with E-state index in [1.807, 2.05) is 0 Å². The fourth-order valence-electron chi connectivity index (χ4n) is 1.73. The number of nitrogens with two attached hydrogens (primary N) is 1. The van der Waals surface area contributed by atoms with E-state index in [-0.39, 0.29) is 4.90 Å². The van der Waals surface area contributed by atoms with Gasteiger partial charge >= 0.3 is 0 Å². The first kappa shape index (κ1) is 16.9. The van der Waals surface area contributed by atoms with Gasteiger partial charge in [0.2, 0.25) is 0 Å². The number of rotatable bonds is 3. The maximum Gasteiger partial charge on any atom is 0.262 e. The molecule has 3 N–H and O–H groups in total. The normalized spacial score (nSPS) is 11.4. The Morgan fingerprint density at radius 2 is 1.95 bits per heavy atom. The Balaban J connectivity index is 2.46. The third-order valence-corrected chi connectivity index (χ3v) is 5.94. The number of nitrogens with one attached hydrogen (secondary N) is 1. The van der Waals surface area contributed by atoms with Gasteiger partial charge in [0.05, 0.1) is 15.6 Å². The third kappa shape index (κ3) is 3.82. The second-order valence-electron chi connectivity index (χ2n) is 4.37. The summed E-state index contributed by atoms with van der Waals surface area (Å²) in [5, 5.41) is 0.341. The lowest BCUT2D eigenvalue weighted by Crippen LogP contribution is -2.15. The largest absolute Gasteiger partial charge is 0.398 e. The Morgan fingerprint density at radius 1 is 1.29 bits per heavy atom. The van der Waals surface area contributed by atoms with Crippen LogP contribution in [0.5, 0.6) is 0 Å². The third-order valence-electron chi connectivity index (χ3n) is 2.76. The summed E-state index contributed by atoms with van der Waals surface area (Å²) in [5.74, 6) is 0. The number of hydrogen-bond acceptors (Lipinski definition) is 3. The molecule has 0 unspecified atom stereocenters. The van der Waals surface area contributed by atoms with Crippen LogP contribution >= 0.6 is 50.1 Å². The van der Waals surface area contributed by atoms with Gasteiger partial charge in [-0.05, 0) is 81.3 Å². The van der Waals surface area contributed by atoms with Crippen molar-refractivity contribution >= 4 is 71.5 Å². The van der Waals surface area contributed by atoms with Crippen molar-refractivity contribution in [1.82, 2.24) is 0 Å². The fraction of sp³-hybridized carbons (Fsp3) is 0.0769. The number of nitrogen functional groups attached to an aromatic ring is 1. The highest BCUT2D eigenvalue weighted by atomic mass is 127. The monoisotopic (exact) mass is 500 g/mol. The summed E-state index contributed by atoms with van der Waals surface area (Å²) in [6, 6.07) is 8.16. The van der Waals surface area contributed by atoms with E-state index in [2.05, 4.69) is 43.2 Å². The average Bonchev–Trinajstić information content (AvgIpc) is 2.37. The summed E-state index contributed by atoms with van der Waals surface area (Å²) in [4.78, 5) is 0.123. The molecular weight excluding hydrogens is 490 g/mol. The number of anilines is 2. The van der Waals surface area contributed by atoms with Crippen molar-refractivity contribution in [2.75, 3.05) is 10.5 Å². The molecule has 0 amide bonds. The molecule has 0 atom stereocenters. The lowest BCUT2D eigenvalue weighted by molar-refractivity contribution is 0.600. The molecule has 0 aromatic heterocycles. The number of aryl methyl sites for hydroxylation is 1. The van der Waals surface area contributed by atoms with Gasteiger partial charge in [-0.15, -0.1) is 0 Å². The first-order chi connectivity index (χ1) is 9.70. The zero-order valence-corrected chi connectivity index (χ0v) is 16.1. The van der Waals surface area contributed by atoms with E-state index in [1.54, 1.807) is 31.2 Å². The van der Waals surface area contributed by atoms with Crippen LogP contribution in [0.25, 0.3) is 0 Å². The van der Waals surface area contributed by atoms with E-state index in [9.17, 15) is 8.42 Å². The van der Waals surface area contributed by atoms with Crippen molar-refractivity contribution in [2.24, 2.45) is 0 Å². The van der Waals surface area contributed by atoms with Crippen molar-refractivity contribution in [3.63, 3.8) is 0 Å². The standard InChI is InChI=1S/C13H11BrClIN2O2S/c1-7-4-9(14)11(17)6-13(7)21(19,20)18-12-3-2-8(16)5-10(12)15/h2-6,18H,17H2,1H3. The second-order valence-corrected chi connectivity index (χ2v) is 8.53. The Morgan fingerprint density at radius 3 is 2.57 bits per heavy atom. The van der Waals surface area contributed by atoms with Crippen LogP contribution in [0.4, 0.5) is 11.4 Å². The van der Waals surface area contributed by atoms with Crippen LogP contribution in [0.1, 0.15) is 5.56 Å². The van der Waals surface area contributed by atoms with Crippen LogP contribution < -0.4 is 10.5 Å². The fourth-order valence-corrected chi connectivity index (χ4v) is 4.49. The van der Waals surface area contributed by atoms with Gasteiger partial charge in [0.15, 0.2) is 0 Å². The van der Waals surface area contributed by atoms with Gasteiger partial charge in [0, 0.05) is 13.7 Å². The maximum atomic E-state index is 12.5. The van der Waals surface area contributed by atoms with Gasteiger partial charge in [-0.1, -0.05) is 11.6 Å². The molecule has 0 fully saturated rings. The van der Waals surface area contributed by atoms with Gasteiger partial charge in [0.25, 0.3) is 10.0 Å². The summed E-state index contributed by atoms with van der Waals surface area (Å²) < 4.78 is 29.0. The highest BCUT2D eigenvalue weighted by molar-refractivity contribution is 14.1. The summed E-state index contributed by atoms with van der Waals surface area (Å²) in [6.07, 6.45) is 0. The van der Waals surface area contributed by atoms with Crippen molar-refractivity contribution in [1.29, 1.82) is 0 Å². The van der Waals surface area contributed by atoms with Crippen LogP contribution in [-0.2, 0) is 10.0 Å². The smallest absolute Gasteiger partial charge is 0.262 e. The average molecular weight is 502 g/mol. The van der Waals surface area contributed by atoms with Crippen molar-refractivity contribution in [2.45, 2.75) is 11.8 Å². The van der Waals surface area contributed by atoms with Crippen LogP contribution in [0.2, 0.25) is 5.02 Å². The molecule has 0 aliphatic carbocycles. The van der Waals surface area contributed by atoms with Crippen molar-refractivity contribution < 1.29 is 8.42 Å². The number of sulfonamides is 1. The van der Waals surface area contributed by atoms with Gasteiger partial charge in [-0.3, -0.25) is 4.72 Å². The topological polar surface area (TPSA) is 72.2 Å². The van der Waals surface area contributed by atoms with Crippen LogP contribution in [0, 0.1) is 10.5 Å². The molecule has 2 aromatic rings. The minimum absolute atomic E-state index is 0.123. The van der Waals surface area contributed by atoms with E-state index in [0.29, 0.717) is 26.4 Å². The highest BCUT2D eigenvalue weighted by Crippen LogP contribution is 2.30. The van der Waals surface area contributed by atoms with E-state index >= 15 is 0 Å². The first-order valence-corrected chi connectivity index (χ1v) is 9.47. The molecule has 2 rings (SSSR count). The molecule has 0 aliphatic heterocycles. The summed E-state index contributed by atoms with van der Waals surface area (Å²) in [6.45, 7) is 1.70. The SMILES string of the molecule is Cc1cc(Br)c(N)cc1S(=O)(=O)Nc1ccc(I)cc1Cl. The lowest BCUT2D eigenvalue weighted by Gasteiger charge is -2.13. The molecule has 0 heterocycles. The zero-order valence-electron chi connectivity index (χ0n) is 10.8. The zero-order chi connectivity index (χ0) is 15.8. The predicted octanol–water partition coefficient (Wildman–Crippen LogP) is 4.40. The highest BCUT2D eigenvalue weighted by Gasteiger charge is 2.19. The van der Waals surface area contributed by atoms with Crippen LogP contribution in [0.15, 0.2) is 39.7 Å².